The van der Waals surface area contributed by atoms with Gasteiger partial charge in [-0.2, -0.15) is 0 Å². The van der Waals surface area contributed by atoms with Gasteiger partial charge in [-0.25, -0.2) is 0 Å². The van der Waals surface area contributed by atoms with E-state index in [1.54, 1.807) is 11.9 Å². The summed E-state index contributed by atoms with van der Waals surface area (Å²) in [5.41, 5.74) is 5.26. The van der Waals surface area contributed by atoms with Crippen LogP contribution in [-0.4, -0.2) is 10.5 Å². The van der Waals surface area contributed by atoms with E-state index in [0.717, 1.165) is 30.1 Å². The summed E-state index contributed by atoms with van der Waals surface area (Å²) in [6.45, 7) is 4.07. The van der Waals surface area contributed by atoms with Gasteiger partial charge in [0.05, 0.1) is 5.52 Å². The number of nitrogens with one attached hydrogen (secondary N) is 1. The predicted molar refractivity (Wildman–Crippen MR) is 94.8 cm³/mol. The molecule has 0 unspecified atom stereocenters. The second-order valence-electron chi connectivity index (χ2n) is 5.67. The fraction of sp³-hybridized carbons (Fsp3) is 0.222. The molecule has 1 aliphatic rings. The average molecular weight is 329 g/mol. The van der Waals surface area contributed by atoms with E-state index in [-0.39, 0.29) is 0 Å². The molecule has 112 valence electrons. The van der Waals surface area contributed by atoms with E-state index in [0.29, 0.717) is 0 Å². The quantitative estimate of drug-likeness (QED) is 0.727. The van der Waals surface area contributed by atoms with Crippen LogP contribution in [0.15, 0.2) is 47.5 Å². The van der Waals surface area contributed by atoms with Crippen LogP contribution in [0.5, 0.6) is 0 Å². The van der Waals surface area contributed by atoms with Gasteiger partial charge in [0.15, 0.2) is 0 Å². The van der Waals surface area contributed by atoms with E-state index in [1.807, 2.05) is 12.1 Å². The topological polar surface area (TPSA) is 17.0 Å². The average Bonchev–Trinajstić information content (AvgIpc) is 2.73. The van der Waals surface area contributed by atoms with Gasteiger partial charge in [0, 0.05) is 28.0 Å². The monoisotopic (exact) mass is 328 g/mol. The van der Waals surface area contributed by atoms with Gasteiger partial charge in [-0.1, -0.05) is 29.8 Å². The smallest absolute Gasteiger partial charge is 0.0600 e. The number of benzene rings is 2. The fourth-order valence-corrected chi connectivity index (χ4v) is 4.33. The first-order chi connectivity index (χ1) is 10.7. The second kappa shape index (κ2) is 5.65. The number of nitrogens with zero attached hydrogens (tertiary/aromatic N) is 1. The molecule has 2 heterocycles. The molecule has 1 aliphatic heterocycles. The molecule has 4 heteroatoms. The Balaban J connectivity index is 1.85. The number of aromatic nitrogens is 1. The third-order valence-corrected chi connectivity index (χ3v) is 5.81. The van der Waals surface area contributed by atoms with Gasteiger partial charge in [-0.15, -0.1) is 0 Å². The molecule has 0 radical (unpaired) electrons. The van der Waals surface area contributed by atoms with Crippen LogP contribution >= 0.6 is 23.5 Å². The minimum Gasteiger partial charge on any atom is -0.312 e. The van der Waals surface area contributed by atoms with Crippen molar-refractivity contribution in [2.24, 2.45) is 0 Å². The van der Waals surface area contributed by atoms with Crippen LogP contribution in [-0.2, 0) is 13.0 Å². The summed E-state index contributed by atoms with van der Waals surface area (Å²) in [6, 6.07) is 12.7. The van der Waals surface area contributed by atoms with Crippen LogP contribution in [0.4, 0.5) is 0 Å². The summed E-state index contributed by atoms with van der Waals surface area (Å²) >= 11 is 8.01. The Morgan fingerprint density at radius 1 is 1.14 bits per heavy atom. The lowest BCUT2D eigenvalue weighted by Crippen LogP contribution is -2.13. The Morgan fingerprint density at radius 2 is 2.00 bits per heavy atom. The summed E-state index contributed by atoms with van der Waals surface area (Å²) in [5, 5.41) is 5.74. The van der Waals surface area contributed by atoms with Crippen LogP contribution in [0.2, 0.25) is 5.02 Å². The molecular formula is C18H17ClN2S. The van der Waals surface area contributed by atoms with Crippen LogP contribution in [0.1, 0.15) is 16.7 Å². The predicted octanol–water partition coefficient (Wildman–Crippen LogP) is 4.80. The van der Waals surface area contributed by atoms with Crippen molar-refractivity contribution in [3.8, 4) is 0 Å². The third kappa shape index (κ3) is 2.34. The highest BCUT2D eigenvalue weighted by molar-refractivity contribution is 7.98. The summed E-state index contributed by atoms with van der Waals surface area (Å²) < 4.78 is 2.29. The van der Waals surface area contributed by atoms with Gasteiger partial charge in [-0.3, -0.25) is 3.97 Å². The van der Waals surface area contributed by atoms with Crippen LogP contribution in [0.25, 0.3) is 10.9 Å². The van der Waals surface area contributed by atoms with Crippen LogP contribution in [0.3, 0.4) is 0 Å². The highest BCUT2D eigenvalue weighted by Crippen LogP contribution is 2.35. The Hall–Kier alpha value is -1.42. The minimum absolute atomic E-state index is 0.827. The van der Waals surface area contributed by atoms with Gasteiger partial charge in [0.25, 0.3) is 0 Å². The van der Waals surface area contributed by atoms with Crippen molar-refractivity contribution in [2.45, 2.75) is 24.8 Å². The van der Waals surface area contributed by atoms with Crippen molar-refractivity contribution in [3.63, 3.8) is 0 Å². The minimum atomic E-state index is 0.827. The van der Waals surface area contributed by atoms with E-state index in [9.17, 15) is 0 Å². The SMILES string of the molecule is Cc1c(Cl)cccc1Sn1cc2c3c(cccc31)CNCC2. The van der Waals surface area contributed by atoms with Crippen LogP contribution < -0.4 is 5.32 Å². The van der Waals surface area contributed by atoms with Gasteiger partial charge in [-0.05, 0) is 66.7 Å². The first kappa shape index (κ1) is 14.2. The first-order valence-corrected chi connectivity index (χ1v) is 8.65. The molecule has 1 N–H and O–H groups in total. The molecule has 0 bridgehead atoms. The van der Waals surface area contributed by atoms with Crippen molar-refractivity contribution < 1.29 is 0 Å². The van der Waals surface area contributed by atoms with E-state index in [4.69, 9.17) is 11.6 Å². The number of rotatable bonds is 2. The zero-order valence-corrected chi connectivity index (χ0v) is 14.0. The van der Waals surface area contributed by atoms with Gasteiger partial charge < -0.3 is 5.32 Å². The molecular weight excluding hydrogens is 312 g/mol. The van der Waals surface area contributed by atoms with Crippen LogP contribution in [0, 0.1) is 6.92 Å². The highest BCUT2D eigenvalue weighted by atomic mass is 35.5. The van der Waals surface area contributed by atoms with E-state index < -0.39 is 0 Å². The lowest BCUT2D eigenvalue weighted by Gasteiger charge is -2.09. The normalized spacial score (nSPS) is 14.3. The molecule has 4 rings (SSSR count). The molecule has 0 atom stereocenters. The van der Waals surface area contributed by atoms with Crippen molar-refractivity contribution in [2.75, 3.05) is 6.54 Å². The van der Waals surface area contributed by atoms with Crippen molar-refractivity contribution in [1.29, 1.82) is 0 Å². The molecule has 2 nitrogen and oxygen atoms in total. The molecule has 0 aliphatic carbocycles. The Labute approximate surface area is 139 Å². The zero-order chi connectivity index (χ0) is 15.1. The van der Waals surface area contributed by atoms with Gasteiger partial charge >= 0.3 is 0 Å². The summed E-state index contributed by atoms with van der Waals surface area (Å²) in [4.78, 5) is 1.21. The second-order valence-corrected chi connectivity index (χ2v) is 7.10. The molecule has 1 aromatic heterocycles. The molecule has 22 heavy (non-hydrogen) atoms. The standard InChI is InChI=1S/C18H17ClN2S/c1-12-15(19)5-3-7-17(12)22-21-11-14-8-9-20-10-13-4-2-6-16(21)18(13)14/h2-7,11,20H,8-10H2,1H3. The van der Waals surface area contributed by atoms with E-state index in [2.05, 4.69) is 46.7 Å². The first-order valence-electron chi connectivity index (χ1n) is 7.50. The van der Waals surface area contributed by atoms with Crippen molar-refractivity contribution in [3.05, 3.63) is 64.3 Å². The largest absolute Gasteiger partial charge is 0.312 e. The van der Waals surface area contributed by atoms with E-state index in [1.165, 1.54) is 26.9 Å². The highest BCUT2D eigenvalue weighted by Gasteiger charge is 2.16. The fourth-order valence-electron chi connectivity index (χ4n) is 3.07. The maximum atomic E-state index is 6.26. The summed E-state index contributed by atoms with van der Waals surface area (Å²) in [6.07, 6.45) is 3.36. The Bertz CT molecular complexity index is 854. The lowest BCUT2D eigenvalue weighted by molar-refractivity contribution is 0.701. The van der Waals surface area contributed by atoms with Gasteiger partial charge in [0.2, 0.25) is 0 Å². The number of hydrogen-bond acceptors (Lipinski definition) is 2. The Kier molecular flexibility index (Phi) is 3.65. The molecule has 0 fully saturated rings. The summed E-state index contributed by atoms with van der Waals surface area (Å²) in [5.74, 6) is 0. The molecule has 0 saturated heterocycles. The number of hydrogen-bond donors (Lipinski definition) is 1. The summed E-state index contributed by atoms with van der Waals surface area (Å²) in [7, 11) is 0. The van der Waals surface area contributed by atoms with Crippen molar-refractivity contribution >= 4 is 34.5 Å². The van der Waals surface area contributed by atoms with Gasteiger partial charge in [0.1, 0.15) is 0 Å². The molecule has 3 aromatic rings. The zero-order valence-electron chi connectivity index (χ0n) is 12.4. The molecule has 2 aromatic carbocycles. The molecule has 0 spiro atoms. The molecule has 0 amide bonds. The lowest BCUT2D eigenvalue weighted by atomic mass is 10.1. The Morgan fingerprint density at radius 3 is 2.91 bits per heavy atom. The van der Waals surface area contributed by atoms with Crippen molar-refractivity contribution in [1.82, 2.24) is 9.29 Å². The van der Waals surface area contributed by atoms with E-state index >= 15 is 0 Å². The maximum Gasteiger partial charge on any atom is 0.0600 e. The third-order valence-electron chi connectivity index (χ3n) is 4.26. The maximum absolute atomic E-state index is 6.26. The molecule has 0 saturated carbocycles. The number of halogens is 1.